The standard InChI is InChI=1S/C11H14N2S2/c1-7-4-5-9(14-7)11(12-3)10-6-13-8(2)15-10/h4-6,11-12H,1-3H3. The van der Waals surface area contributed by atoms with Gasteiger partial charge in [0.2, 0.25) is 0 Å². The lowest BCUT2D eigenvalue weighted by Crippen LogP contribution is -2.14. The van der Waals surface area contributed by atoms with Gasteiger partial charge in [-0.1, -0.05) is 0 Å². The molecule has 4 heteroatoms. The molecule has 0 fully saturated rings. The summed E-state index contributed by atoms with van der Waals surface area (Å²) in [6.07, 6.45) is 1.97. The Labute approximate surface area is 98.0 Å². The largest absolute Gasteiger partial charge is 0.308 e. The van der Waals surface area contributed by atoms with Crippen LogP contribution < -0.4 is 5.32 Å². The molecular weight excluding hydrogens is 224 g/mol. The highest BCUT2D eigenvalue weighted by Crippen LogP contribution is 2.30. The van der Waals surface area contributed by atoms with Gasteiger partial charge in [0.15, 0.2) is 0 Å². The molecule has 2 rings (SSSR count). The van der Waals surface area contributed by atoms with E-state index in [9.17, 15) is 0 Å². The molecule has 0 amide bonds. The minimum absolute atomic E-state index is 0.301. The number of aryl methyl sites for hydroxylation is 2. The second-order valence-electron chi connectivity index (χ2n) is 3.45. The first kappa shape index (κ1) is 10.8. The maximum atomic E-state index is 4.30. The van der Waals surface area contributed by atoms with Crippen LogP contribution in [0.5, 0.6) is 0 Å². The number of nitrogens with zero attached hydrogens (tertiary/aromatic N) is 1. The Morgan fingerprint density at radius 3 is 2.47 bits per heavy atom. The SMILES string of the molecule is CNC(c1ccc(C)s1)c1cnc(C)s1. The molecular formula is C11H14N2S2. The van der Waals surface area contributed by atoms with Crippen LogP contribution in [0.2, 0.25) is 0 Å². The van der Waals surface area contributed by atoms with Crippen molar-refractivity contribution in [2.45, 2.75) is 19.9 Å². The van der Waals surface area contributed by atoms with Gasteiger partial charge in [-0.25, -0.2) is 4.98 Å². The molecule has 1 N–H and O–H groups in total. The Kier molecular flexibility index (Phi) is 3.19. The number of thiophene rings is 1. The molecule has 1 unspecified atom stereocenters. The number of aromatic nitrogens is 1. The van der Waals surface area contributed by atoms with Crippen LogP contribution in [0.3, 0.4) is 0 Å². The Bertz CT molecular complexity index is 405. The van der Waals surface area contributed by atoms with Crippen LogP contribution >= 0.6 is 22.7 Å². The predicted octanol–water partition coefficient (Wildman–Crippen LogP) is 3.13. The molecule has 0 aliphatic carbocycles. The van der Waals surface area contributed by atoms with E-state index in [1.54, 1.807) is 11.3 Å². The van der Waals surface area contributed by atoms with Gasteiger partial charge in [-0.3, -0.25) is 0 Å². The highest BCUT2D eigenvalue weighted by Gasteiger charge is 2.15. The number of rotatable bonds is 3. The van der Waals surface area contributed by atoms with Gasteiger partial charge < -0.3 is 5.32 Å². The Hall–Kier alpha value is -0.710. The van der Waals surface area contributed by atoms with Gasteiger partial charge in [0.1, 0.15) is 0 Å². The average Bonchev–Trinajstić information content (AvgIpc) is 2.78. The van der Waals surface area contributed by atoms with Crippen molar-refractivity contribution in [1.82, 2.24) is 10.3 Å². The number of nitrogens with one attached hydrogen (secondary N) is 1. The molecule has 2 heterocycles. The third-order valence-corrected chi connectivity index (χ3v) is 4.30. The fourth-order valence-corrected chi connectivity index (χ4v) is 3.54. The molecule has 0 aromatic carbocycles. The monoisotopic (exact) mass is 238 g/mol. The van der Waals surface area contributed by atoms with Crippen LogP contribution in [0.15, 0.2) is 18.3 Å². The van der Waals surface area contributed by atoms with Crippen molar-refractivity contribution in [2.24, 2.45) is 0 Å². The van der Waals surface area contributed by atoms with Gasteiger partial charge in [-0.15, -0.1) is 22.7 Å². The summed E-state index contributed by atoms with van der Waals surface area (Å²) in [5.41, 5.74) is 0. The minimum Gasteiger partial charge on any atom is -0.308 e. The molecule has 2 aromatic heterocycles. The Balaban J connectivity index is 2.32. The van der Waals surface area contributed by atoms with E-state index in [0.29, 0.717) is 6.04 Å². The fourth-order valence-electron chi connectivity index (χ4n) is 1.54. The molecule has 15 heavy (non-hydrogen) atoms. The lowest BCUT2D eigenvalue weighted by atomic mass is 10.2. The van der Waals surface area contributed by atoms with Crippen molar-refractivity contribution in [3.8, 4) is 0 Å². The van der Waals surface area contributed by atoms with Crippen molar-refractivity contribution < 1.29 is 0 Å². The van der Waals surface area contributed by atoms with E-state index in [4.69, 9.17) is 0 Å². The normalized spacial score (nSPS) is 13.0. The molecule has 2 aromatic rings. The molecule has 1 atom stereocenters. The molecule has 2 nitrogen and oxygen atoms in total. The van der Waals surface area contributed by atoms with Gasteiger partial charge in [0.25, 0.3) is 0 Å². The fraction of sp³-hybridized carbons (Fsp3) is 0.364. The first-order valence-corrected chi connectivity index (χ1v) is 6.50. The van der Waals surface area contributed by atoms with Crippen LogP contribution in [0.25, 0.3) is 0 Å². The highest BCUT2D eigenvalue weighted by molar-refractivity contribution is 7.13. The van der Waals surface area contributed by atoms with E-state index < -0.39 is 0 Å². The third kappa shape index (κ3) is 2.27. The summed E-state index contributed by atoms with van der Waals surface area (Å²) < 4.78 is 0. The molecule has 0 radical (unpaired) electrons. The number of thiazole rings is 1. The van der Waals surface area contributed by atoms with E-state index in [0.717, 1.165) is 5.01 Å². The zero-order valence-electron chi connectivity index (χ0n) is 9.07. The summed E-state index contributed by atoms with van der Waals surface area (Å²) >= 11 is 3.60. The molecule has 0 aliphatic rings. The van der Waals surface area contributed by atoms with E-state index in [1.807, 2.05) is 31.5 Å². The van der Waals surface area contributed by atoms with Crippen LogP contribution in [0.1, 0.15) is 25.7 Å². The lowest BCUT2D eigenvalue weighted by Gasteiger charge is -2.11. The summed E-state index contributed by atoms with van der Waals surface area (Å²) in [6, 6.07) is 4.66. The summed E-state index contributed by atoms with van der Waals surface area (Å²) in [4.78, 5) is 8.30. The van der Waals surface area contributed by atoms with Crippen LogP contribution in [-0.4, -0.2) is 12.0 Å². The van der Waals surface area contributed by atoms with Crippen LogP contribution in [-0.2, 0) is 0 Å². The van der Waals surface area contributed by atoms with Crippen LogP contribution in [0, 0.1) is 13.8 Å². The van der Waals surface area contributed by atoms with E-state index in [1.165, 1.54) is 14.6 Å². The van der Waals surface area contributed by atoms with Gasteiger partial charge in [0, 0.05) is 20.8 Å². The minimum atomic E-state index is 0.301. The quantitative estimate of drug-likeness (QED) is 0.888. The predicted molar refractivity (Wildman–Crippen MR) is 66.8 cm³/mol. The van der Waals surface area contributed by atoms with Crippen molar-refractivity contribution in [2.75, 3.05) is 7.05 Å². The summed E-state index contributed by atoms with van der Waals surface area (Å²) in [7, 11) is 1.99. The van der Waals surface area contributed by atoms with Crippen molar-refractivity contribution in [1.29, 1.82) is 0 Å². The second kappa shape index (κ2) is 4.43. The Morgan fingerprint density at radius 1 is 1.20 bits per heavy atom. The molecule has 0 bridgehead atoms. The average molecular weight is 238 g/mol. The maximum absolute atomic E-state index is 4.30. The summed E-state index contributed by atoms with van der Waals surface area (Å²) in [6.45, 7) is 4.18. The van der Waals surface area contributed by atoms with Crippen molar-refractivity contribution in [3.05, 3.63) is 38.0 Å². The highest BCUT2D eigenvalue weighted by atomic mass is 32.1. The molecule has 0 saturated carbocycles. The van der Waals surface area contributed by atoms with Gasteiger partial charge in [0.05, 0.1) is 11.0 Å². The summed E-state index contributed by atoms with van der Waals surface area (Å²) in [5, 5.41) is 4.47. The molecule has 0 saturated heterocycles. The van der Waals surface area contributed by atoms with Gasteiger partial charge in [-0.2, -0.15) is 0 Å². The van der Waals surface area contributed by atoms with E-state index in [2.05, 4.69) is 29.4 Å². The smallest absolute Gasteiger partial charge is 0.0897 e. The molecule has 0 spiro atoms. The topological polar surface area (TPSA) is 24.9 Å². The zero-order valence-corrected chi connectivity index (χ0v) is 10.7. The zero-order chi connectivity index (χ0) is 10.8. The van der Waals surface area contributed by atoms with Crippen LogP contribution in [0.4, 0.5) is 0 Å². The molecule has 0 aliphatic heterocycles. The lowest BCUT2D eigenvalue weighted by molar-refractivity contribution is 0.714. The van der Waals surface area contributed by atoms with Crippen molar-refractivity contribution >= 4 is 22.7 Å². The summed E-state index contributed by atoms with van der Waals surface area (Å²) in [5.74, 6) is 0. The third-order valence-electron chi connectivity index (χ3n) is 2.26. The molecule has 80 valence electrons. The maximum Gasteiger partial charge on any atom is 0.0897 e. The van der Waals surface area contributed by atoms with E-state index >= 15 is 0 Å². The first-order chi connectivity index (χ1) is 7.20. The first-order valence-electron chi connectivity index (χ1n) is 4.86. The van der Waals surface area contributed by atoms with Gasteiger partial charge in [-0.05, 0) is 33.0 Å². The Morgan fingerprint density at radius 2 is 2.00 bits per heavy atom. The van der Waals surface area contributed by atoms with Crippen molar-refractivity contribution in [3.63, 3.8) is 0 Å². The number of hydrogen-bond donors (Lipinski definition) is 1. The van der Waals surface area contributed by atoms with E-state index in [-0.39, 0.29) is 0 Å². The number of hydrogen-bond acceptors (Lipinski definition) is 4. The second-order valence-corrected chi connectivity index (χ2v) is 6.04. The van der Waals surface area contributed by atoms with Gasteiger partial charge >= 0.3 is 0 Å².